The number of carbonyl (C=O) groups excluding carboxylic acids is 1. The van der Waals surface area contributed by atoms with Crippen molar-refractivity contribution in [3.05, 3.63) is 30.5 Å². The van der Waals surface area contributed by atoms with Crippen LogP contribution in [0.15, 0.2) is 30.5 Å². The number of methoxy groups -OCH3 is 1. The van der Waals surface area contributed by atoms with Crippen LogP contribution in [0.5, 0.6) is 5.75 Å². The third-order valence-electron chi connectivity index (χ3n) is 2.30. The predicted octanol–water partition coefficient (Wildman–Crippen LogP) is 1.14. The second-order valence-corrected chi connectivity index (χ2v) is 3.33. The molecule has 0 fully saturated rings. The number of nitrogens with two attached hydrogens (primary N) is 1. The molecule has 0 saturated heterocycles. The maximum Gasteiger partial charge on any atom is 0.237 e. The molecule has 15 heavy (non-hydrogen) atoms. The van der Waals surface area contributed by atoms with E-state index in [4.69, 9.17) is 10.5 Å². The zero-order chi connectivity index (χ0) is 10.8. The van der Waals surface area contributed by atoms with Gasteiger partial charge in [-0.1, -0.05) is 0 Å². The molecule has 0 radical (unpaired) electrons. The lowest BCUT2D eigenvalue weighted by Gasteiger charge is -2.03. The van der Waals surface area contributed by atoms with Gasteiger partial charge in [0.05, 0.1) is 7.11 Å². The van der Waals surface area contributed by atoms with E-state index in [1.54, 1.807) is 7.11 Å². The van der Waals surface area contributed by atoms with Gasteiger partial charge in [0.1, 0.15) is 12.3 Å². The van der Waals surface area contributed by atoms with Gasteiger partial charge in [-0.15, -0.1) is 0 Å². The highest BCUT2D eigenvalue weighted by Gasteiger charge is 2.03. The fraction of sp³-hybridized carbons (Fsp3) is 0.182. The fourth-order valence-corrected chi connectivity index (χ4v) is 1.61. The SMILES string of the molecule is COc1ccc2c(ccn2CC(N)=O)c1. The first-order chi connectivity index (χ1) is 7.20. The van der Waals surface area contributed by atoms with E-state index in [-0.39, 0.29) is 12.5 Å². The van der Waals surface area contributed by atoms with Gasteiger partial charge in [0, 0.05) is 17.1 Å². The average molecular weight is 204 g/mol. The zero-order valence-electron chi connectivity index (χ0n) is 8.43. The molecule has 0 atom stereocenters. The van der Waals surface area contributed by atoms with Crippen molar-refractivity contribution in [2.75, 3.05) is 7.11 Å². The highest BCUT2D eigenvalue weighted by Crippen LogP contribution is 2.21. The van der Waals surface area contributed by atoms with Crippen LogP contribution in [-0.4, -0.2) is 17.6 Å². The van der Waals surface area contributed by atoms with Gasteiger partial charge < -0.3 is 15.0 Å². The molecule has 2 rings (SSSR count). The van der Waals surface area contributed by atoms with Gasteiger partial charge in [0.2, 0.25) is 5.91 Å². The van der Waals surface area contributed by atoms with Gasteiger partial charge in [0.25, 0.3) is 0 Å². The molecule has 0 aliphatic rings. The number of nitrogens with zero attached hydrogens (tertiary/aromatic N) is 1. The number of hydrogen-bond donors (Lipinski definition) is 1. The summed E-state index contributed by atoms with van der Waals surface area (Å²) in [4.78, 5) is 10.8. The number of hydrogen-bond acceptors (Lipinski definition) is 2. The van der Waals surface area contributed by atoms with Crippen LogP contribution in [0.25, 0.3) is 10.9 Å². The summed E-state index contributed by atoms with van der Waals surface area (Å²) in [6.45, 7) is 0.204. The largest absolute Gasteiger partial charge is 0.497 e. The van der Waals surface area contributed by atoms with Crippen molar-refractivity contribution in [2.45, 2.75) is 6.54 Å². The predicted molar refractivity (Wildman–Crippen MR) is 57.7 cm³/mol. The van der Waals surface area contributed by atoms with Gasteiger partial charge in [-0.3, -0.25) is 4.79 Å². The number of ether oxygens (including phenoxy) is 1. The van der Waals surface area contributed by atoms with E-state index in [0.29, 0.717) is 0 Å². The van der Waals surface area contributed by atoms with E-state index in [1.165, 1.54) is 0 Å². The molecule has 78 valence electrons. The van der Waals surface area contributed by atoms with Gasteiger partial charge >= 0.3 is 0 Å². The third-order valence-corrected chi connectivity index (χ3v) is 2.30. The van der Waals surface area contributed by atoms with Crippen molar-refractivity contribution in [3.63, 3.8) is 0 Å². The summed E-state index contributed by atoms with van der Waals surface area (Å²) in [5.74, 6) is 0.461. The molecule has 0 bridgehead atoms. The second-order valence-electron chi connectivity index (χ2n) is 3.33. The summed E-state index contributed by atoms with van der Waals surface area (Å²) in [5.41, 5.74) is 6.13. The van der Waals surface area contributed by atoms with Gasteiger partial charge in [0.15, 0.2) is 0 Å². The molecule has 1 amide bonds. The van der Waals surface area contributed by atoms with Crippen LogP contribution in [-0.2, 0) is 11.3 Å². The number of rotatable bonds is 3. The molecule has 0 aliphatic carbocycles. The minimum absolute atomic E-state index is 0.204. The van der Waals surface area contributed by atoms with Crippen molar-refractivity contribution < 1.29 is 9.53 Å². The molecule has 4 nitrogen and oxygen atoms in total. The maximum absolute atomic E-state index is 10.8. The van der Waals surface area contributed by atoms with Crippen LogP contribution in [0.3, 0.4) is 0 Å². The van der Waals surface area contributed by atoms with E-state index >= 15 is 0 Å². The highest BCUT2D eigenvalue weighted by molar-refractivity contribution is 5.83. The first kappa shape index (κ1) is 9.58. The van der Waals surface area contributed by atoms with E-state index in [1.807, 2.05) is 35.0 Å². The Balaban J connectivity index is 2.47. The van der Waals surface area contributed by atoms with Crippen molar-refractivity contribution in [1.82, 2.24) is 4.57 Å². The molecule has 2 N–H and O–H groups in total. The van der Waals surface area contributed by atoms with Gasteiger partial charge in [-0.05, 0) is 24.3 Å². The normalized spacial score (nSPS) is 10.5. The molecule has 1 heterocycles. The Morgan fingerprint density at radius 1 is 1.47 bits per heavy atom. The summed E-state index contributed by atoms with van der Waals surface area (Å²) in [6.07, 6.45) is 1.84. The van der Waals surface area contributed by atoms with E-state index in [9.17, 15) is 4.79 Å². The lowest BCUT2D eigenvalue weighted by atomic mass is 10.2. The Morgan fingerprint density at radius 2 is 2.27 bits per heavy atom. The summed E-state index contributed by atoms with van der Waals surface area (Å²) in [7, 11) is 1.63. The Hall–Kier alpha value is -1.97. The standard InChI is InChI=1S/C11H12N2O2/c1-15-9-2-3-10-8(6-9)4-5-13(10)7-11(12)14/h2-6H,7H2,1H3,(H2,12,14). The first-order valence-electron chi connectivity index (χ1n) is 4.62. The number of benzene rings is 1. The Bertz CT molecular complexity index is 502. The Morgan fingerprint density at radius 3 is 2.93 bits per heavy atom. The van der Waals surface area contributed by atoms with E-state index in [2.05, 4.69) is 0 Å². The molecule has 0 unspecified atom stereocenters. The molecule has 0 aliphatic heterocycles. The summed E-state index contributed by atoms with van der Waals surface area (Å²) < 4.78 is 6.93. The molecule has 1 aromatic carbocycles. The molecule has 2 aromatic rings. The van der Waals surface area contributed by atoms with Gasteiger partial charge in [-0.25, -0.2) is 0 Å². The third kappa shape index (κ3) is 1.79. The molecule has 0 spiro atoms. The van der Waals surface area contributed by atoms with Crippen molar-refractivity contribution in [1.29, 1.82) is 0 Å². The van der Waals surface area contributed by atoms with Crippen molar-refractivity contribution in [2.24, 2.45) is 5.73 Å². The van der Waals surface area contributed by atoms with Gasteiger partial charge in [-0.2, -0.15) is 0 Å². The fourth-order valence-electron chi connectivity index (χ4n) is 1.61. The second kappa shape index (κ2) is 3.65. The number of fused-ring (bicyclic) bond motifs is 1. The molecule has 4 heteroatoms. The van der Waals surface area contributed by atoms with Crippen LogP contribution in [0.1, 0.15) is 0 Å². The van der Waals surface area contributed by atoms with Crippen molar-refractivity contribution in [3.8, 4) is 5.75 Å². The monoisotopic (exact) mass is 204 g/mol. The molecule has 1 aromatic heterocycles. The quantitative estimate of drug-likeness (QED) is 0.814. The Labute approximate surface area is 87.2 Å². The lowest BCUT2D eigenvalue weighted by molar-refractivity contribution is -0.118. The van der Waals surface area contributed by atoms with Crippen LogP contribution in [0.2, 0.25) is 0 Å². The molecular formula is C11H12N2O2. The molecule has 0 saturated carbocycles. The minimum Gasteiger partial charge on any atom is -0.497 e. The average Bonchev–Trinajstić information content (AvgIpc) is 2.60. The summed E-state index contributed by atoms with van der Waals surface area (Å²) >= 11 is 0. The van der Waals surface area contributed by atoms with E-state index in [0.717, 1.165) is 16.7 Å². The summed E-state index contributed by atoms with van der Waals surface area (Å²) in [5, 5.41) is 1.04. The number of carbonyl (C=O) groups is 1. The summed E-state index contributed by atoms with van der Waals surface area (Å²) in [6, 6.07) is 7.63. The van der Waals surface area contributed by atoms with Crippen LogP contribution < -0.4 is 10.5 Å². The molecular weight excluding hydrogens is 192 g/mol. The first-order valence-corrected chi connectivity index (χ1v) is 4.62. The Kier molecular flexibility index (Phi) is 2.33. The number of aromatic nitrogens is 1. The number of amides is 1. The highest BCUT2D eigenvalue weighted by atomic mass is 16.5. The lowest BCUT2D eigenvalue weighted by Crippen LogP contribution is -2.17. The van der Waals surface area contributed by atoms with Crippen LogP contribution in [0, 0.1) is 0 Å². The topological polar surface area (TPSA) is 57.2 Å². The van der Waals surface area contributed by atoms with Crippen molar-refractivity contribution >= 4 is 16.8 Å². The smallest absolute Gasteiger partial charge is 0.237 e. The van der Waals surface area contributed by atoms with E-state index < -0.39 is 0 Å². The maximum atomic E-state index is 10.8. The minimum atomic E-state index is -0.344. The zero-order valence-corrected chi connectivity index (χ0v) is 8.43. The number of primary amides is 1. The van der Waals surface area contributed by atoms with Crippen LogP contribution in [0.4, 0.5) is 0 Å². The van der Waals surface area contributed by atoms with Crippen LogP contribution >= 0.6 is 0 Å².